The van der Waals surface area contributed by atoms with E-state index in [-0.39, 0.29) is 84.3 Å². The first-order valence-corrected chi connectivity index (χ1v) is 7.74. The maximum Gasteiger partial charge on any atom is 0.0693 e. The van der Waals surface area contributed by atoms with Crippen LogP contribution in [0.25, 0.3) is 0 Å². The molecule has 4 nitrogen and oxygen atoms in total. The molecule has 0 aliphatic carbocycles. The van der Waals surface area contributed by atoms with Gasteiger partial charge in [-0.3, -0.25) is 0 Å². The zero-order valence-electron chi connectivity index (χ0n) is 14.9. The van der Waals surface area contributed by atoms with Crippen LogP contribution in [0.3, 0.4) is 0 Å². The molecular formula is C17H29N2O2W4-. The van der Waals surface area contributed by atoms with Crippen LogP contribution in [0, 0.1) is 6.61 Å². The number of rotatable bonds is 7. The summed E-state index contributed by atoms with van der Waals surface area (Å²) in [5.74, 6) is 0. The normalized spacial score (nSPS) is 12.9. The Kier molecular flexibility index (Phi) is 32.8. The van der Waals surface area contributed by atoms with Gasteiger partial charge in [0.15, 0.2) is 0 Å². The van der Waals surface area contributed by atoms with Gasteiger partial charge in [0.1, 0.15) is 0 Å². The first kappa shape index (κ1) is 34.3. The predicted octanol–water partition coefficient (Wildman–Crippen LogP) is 2.61. The van der Waals surface area contributed by atoms with Crippen LogP contribution in [0.15, 0.2) is 24.3 Å². The molecule has 25 heavy (non-hydrogen) atoms. The molecule has 0 aromatic heterocycles. The fourth-order valence-electron chi connectivity index (χ4n) is 1.98. The minimum atomic E-state index is 0. The van der Waals surface area contributed by atoms with Crippen molar-refractivity contribution in [1.82, 2.24) is 5.32 Å². The van der Waals surface area contributed by atoms with Crippen LogP contribution in [0.2, 0.25) is 0 Å². The van der Waals surface area contributed by atoms with Crippen LogP contribution in [-0.4, -0.2) is 26.4 Å². The Morgan fingerprint density at radius 3 is 2.12 bits per heavy atom. The number of nitrogens with one attached hydrogen (secondary N) is 1. The van der Waals surface area contributed by atoms with Crippen molar-refractivity contribution in [2.45, 2.75) is 45.4 Å². The summed E-state index contributed by atoms with van der Waals surface area (Å²) in [4.78, 5) is 0. The summed E-state index contributed by atoms with van der Waals surface area (Å²) in [5, 5.41) is 3.38. The molecule has 0 spiro atoms. The molecular weight excluding hydrogens is 1000 g/mol. The van der Waals surface area contributed by atoms with Gasteiger partial charge in [0.2, 0.25) is 0 Å². The molecule has 1 heterocycles. The second kappa shape index (κ2) is 23.9. The first-order valence-electron chi connectivity index (χ1n) is 7.74. The first-order chi connectivity index (χ1) is 10.3. The van der Waals surface area contributed by atoms with Gasteiger partial charge >= 0.3 is 0 Å². The van der Waals surface area contributed by atoms with E-state index >= 15 is 0 Å². The summed E-state index contributed by atoms with van der Waals surface area (Å²) in [5.41, 5.74) is 8.00. The van der Waals surface area contributed by atoms with Gasteiger partial charge in [-0.1, -0.05) is 37.6 Å². The van der Waals surface area contributed by atoms with Crippen molar-refractivity contribution in [3.05, 3.63) is 42.0 Å². The van der Waals surface area contributed by atoms with Crippen molar-refractivity contribution in [1.29, 1.82) is 0 Å². The van der Waals surface area contributed by atoms with Crippen molar-refractivity contribution < 1.29 is 93.7 Å². The van der Waals surface area contributed by atoms with Crippen molar-refractivity contribution in [2.24, 2.45) is 5.73 Å². The number of hydrogen-bond acceptors (Lipinski definition) is 4. The van der Waals surface area contributed by atoms with E-state index in [1.54, 1.807) is 7.11 Å². The van der Waals surface area contributed by atoms with E-state index < -0.39 is 0 Å². The van der Waals surface area contributed by atoms with E-state index in [0.717, 1.165) is 32.5 Å². The molecule has 1 saturated heterocycles. The molecule has 2 rings (SSSR count). The number of benzene rings is 1. The second-order valence-electron chi connectivity index (χ2n) is 5.10. The Bertz CT molecular complexity index is 355. The van der Waals surface area contributed by atoms with Gasteiger partial charge in [-0.2, -0.15) is 6.42 Å². The SMILES string of the molecule is CCC(CNCc1ccc(CN)cc1)OC.[CH-]1CCCO1.[W].[W].[W].[W]. The Morgan fingerprint density at radius 1 is 1.16 bits per heavy atom. The Morgan fingerprint density at radius 2 is 1.76 bits per heavy atom. The van der Waals surface area contributed by atoms with Gasteiger partial charge < -0.3 is 20.5 Å². The third-order valence-corrected chi connectivity index (χ3v) is 3.45. The van der Waals surface area contributed by atoms with E-state index in [2.05, 4.69) is 36.5 Å². The fourth-order valence-corrected chi connectivity index (χ4v) is 1.98. The van der Waals surface area contributed by atoms with E-state index in [4.69, 9.17) is 15.2 Å². The van der Waals surface area contributed by atoms with Gasteiger partial charge in [0.05, 0.1) is 6.10 Å². The minimum Gasteiger partial charge on any atom is -0.552 e. The van der Waals surface area contributed by atoms with E-state index in [0.29, 0.717) is 12.6 Å². The molecule has 1 unspecified atom stereocenters. The molecule has 144 valence electrons. The standard InChI is InChI=1S/C13H22N2O.C4H7O.4W/c1-3-13(16-2)10-15-9-12-6-4-11(8-14)5-7-12;1-2-4-5-3-1;;;;/h4-7,13,15H,3,8-10,14H2,1-2H3;3H,1-2,4H2;;;;/q;-1;;;;. The van der Waals surface area contributed by atoms with Gasteiger partial charge in [-0.15, -0.1) is 0 Å². The third-order valence-electron chi connectivity index (χ3n) is 3.45. The van der Waals surface area contributed by atoms with Gasteiger partial charge in [0.25, 0.3) is 0 Å². The topological polar surface area (TPSA) is 56.5 Å². The van der Waals surface area contributed by atoms with E-state index in [9.17, 15) is 0 Å². The van der Waals surface area contributed by atoms with E-state index in [1.165, 1.54) is 17.5 Å². The molecule has 0 saturated carbocycles. The minimum absolute atomic E-state index is 0. The molecule has 0 radical (unpaired) electrons. The van der Waals surface area contributed by atoms with Crippen LogP contribution in [0.5, 0.6) is 0 Å². The summed E-state index contributed by atoms with van der Waals surface area (Å²) in [6, 6.07) is 8.38. The van der Waals surface area contributed by atoms with Crippen LogP contribution in [0.4, 0.5) is 0 Å². The monoisotopic (exact) mass is 1030 g/mol. The van der Waals surface area contributed by atoms with Gasteiger partial charge in [-0.25, -0.2) is 6.61 Å². The molecule has 1 aliphatic heterocycles. The average Bonchev–Trinajstić information content (AvgIpc) is 3.12. The van der Waals surface area contributed by atoms with Crippen molar-refractivity contribution in [3.8, 4) is 0 Å². The Labute approximate surface area is 210 Å². The summed E-state index contributed by atoms with van der Waals surface area (Å²) in [7, 11) is 1.76. The molecule has 1 aliphatic rings. The molecule has 1 fully saturated rings. The average molecular weight is 1030 g/mol. The van der Waals surface area contributed by atoms with Crippen LogP contribution in [-0.2, 0) is 107 Å². The van der Waals surface area contributed by atoms with Gasteiger partial charge in [-0.05, 0) is 17.5 Å². The predicted molar refractivity (Wildman–Crippen MR) is 86.6 cm³/mol. The maximum atomic E-state index is 5.54. The smallest absolute Gasteiger partial charge is 0.0693 e. The molecule has 0 bridgehead atoms. The Balaban J connectivity index is -0.000000213. The summed E-state index contributed by atoms with van der Waals surface area (Å²) >= 11 is 0. The molecule has 1 aromatic rings. The number of methoxy groups -OCH3 is 1. The number of nitrogens with two attached hydrogens (primary N) is 1. The quantitative estimate of drug-likeness (QED) is 0.414. The zero-order valence-corrected chi connectivity index (χ0v) is 26.7. The fraction of sp³-hybridized carbons (Fsp3) is 0.588. The van der Waals surface area contributed by atoms with Crippen molar-refractivity contribution in [3.63, 3.8) is 0 Å². The Hall–Kier alpha value is 1.81. The summed E-state index contributed by atoms with van der Waals surface area (Å²) in [6.07, 6.45) is 3.72. The molecule has 1 atom stereocenters. The molecule has 3 N–H and O–H groups in total. The van der Waals surface area contributed by atoms with Gasteiger partial charge in [0, 0.05) is 118 Å². The number of ether oxygens (including phenoxy) is 2. The third kappa shape index (κ3) is 17.6. The maximum absolute atomic E-state index is 5.54. The van der Waals surface area contributed by atoms with Crippen LogP contribution < -0.4 is 11.1 Å². The number of hydrogen-bond donors (Lipinski definition) is 2. The summed E-state index contributed by atoms with van der Waals surface area (Å²) in [6.45, 7) is 7.32. The van der Waals surface area contributed by atoms with Crippen molar-refractivity contribution in [2.75, 3.05) is 20.3 Å². The van der Waals surface area contributed by atoms with Crippen LogP contribution in [0.1, 0.15) is 37.3 Å². The molecule has 0 amide bonds. The zero-order chi connectivity index (χ0) is 15.3. The largest absolute Gasteiger partial charge is 0.552 e. The van der Waals surface area contributed by atoms with Crippen LogP contribution >= 0.6 is 0 Å². The molecule has 8 heteroatoms. The summed E-state index contributed by atoms with van der Waals surface area (Å²) < 4.78 is 10.1. The second-order valence-corrected chi connectivity index (χ2v) is 5.10. The molecule has 1 aromatic carbocycles. The van der Waals surface area contributed by atoms with E-state index in [1.807, 2.05) is 6.61 Å². The van der Waals surface area contributed by atoms with Crippen molar-refractivity contribution >= 4 is 0 Å².